The number of nitrogens with zero attached hydrogens (tertiary/aromatic N) is 2. The van der Waals surface area contributed by atoms with Crippen molar-refractivity contribution in [1.29, 1.82) is 0 Å². The molecule has 4 aromatic rings. The lowest BCUT2D eigenvalue weighted by molar-refractivity contribution is -0.662. The fourth-order valence-corrected chi connectivity index (χ4v) is 4.65. The van der Waals surface area contributed by atoms with Gasteiger partial charge in [0.05, 0.1) is 7.05 Å². The second kappa shape index (κ2) is 6.23. The van der Waals surface area contributed by atoms with Gasteiger partial charge in [-0.3, -0.25) is 0 Å². The SMILES string of the molecule is Cc1c(-c2c3sccc3nc[n+]2C)cc(CC(C)C)c2ccccc12. The Balaban J connectivity index is 2.09. The van der Waals surface area contributed by atoms with Gasteiger partial charge in [-0.2, -0.15) is 0 Å². The topological polar surface area (TPSA) is 16.8 Å². The third kappa shape index (κ3) is 2.73. The smallest absolute Gasteiger partial charge is 0.231 e. The Kier molecular flexibility index (Phi) is 4.04. The summed E-state index contributed by atoms with van der Waals surface area (Å²) in [5.74, 6) is 0.631. The van der Waals surface area contributed by atoms with E-state index in [-0.39, 0.29) is 0 Å². The summed E-state index contributed by atoms with van der Waals surface area (Å²) in [7, 11) is 2.10. The molecule has 0 spiro atoms. The van der Waals surface area contributed by atoms with Crippen molar-refractivity contribution in [3.8, 4) is 11.3 Å². The van der Waals surface area contributed by atoms with E-state index in [0.717, 1.165) is 11.9 Å². The highest BCUT2D eigenvalue weighted by molar-refractivity contribution is 7.17. The van der Waals surface area contributed by atoms with E-state index in [2.05, 4.69) is 79.1 Å². The van der Waals surface area contributed by atoms with Crippen LogP contribution in [0.1, 0.15) is 25.0 Å². The van der Waals surface area contributed by atoms with Crippen LogP contribution in [0.25, 0.3) is 32.2 Å². The van der Waals surface area contributed by atoms with Gasteiger partial charge in [0.15, 0.2) is 11.2 Å². The van der Waals surface area contributed by atoms with Crippen LogP contribution in [-0.4, -0.2) is 4.98 Å². The number of fused-ring (bicyclic) bond motifs is 2. The van der Waals surface area contributed by atoms with E-state index in [9.17, 15) is 0 Å². The van der Waals surface area contributed by atoms with Crippen LogP contribution in [0.2, 0.25) is 0 Å². The summed E-state index contributed by atoms with van der Waals surface area (Å²) in [6.45, 7) is 6.83. The molecule has 3 heteroatoms. The number of benzene rings is 2. The molecular weight excluding hydrogens is 324 g/mol. The minimum Gasteiger partial charge on any atom is -0.231 e. The summed E-state index contributed by atoms with van der Waals surface area (Å²) >= 11 is 1.77. The average Bonchev–Trinajstić information content (AvgIpc) is 3.06. The van der Waals surface area contributed by atoms with Crippen LogP contribution in [0.4, 0.5) is 0 Å². The normalized spacial score (nSPS) is 11.7. The zero-order valence-corrected chi connectivity index (χ0v) is 16.0. The average molecular weight is 348 g/mol. The van der Waals surface area contributed by atoms with Gasteiger partial charge in [0, 0.05) is 11.6 Å². The Hall–Kier alpha value is -2.26. The molecule has 0 radical (unpaired) electrons. The Labute approximate surface area is 152 Å². The van der Waals surface area contributed by atoms with Gasteiger partial charge < -0.3 is 0 Å². The van der Waals surface area contributed by atoms with Crippen molar-refractivity contribution in [3.63, 3.8) is 0 Å². The van der Waals surface area contributed by atoms with Gasteiger partial charge in [-0.25, -0.2) is 4.57 Å². The first-order valence-electron chi connectivity index (χ1n) is 8.79. The minimum atomic E-state index is 0.631. The molecule has 126 valence electrons. The fraction of sp³-hybridized carbons (Fsp3) is 0.273. The molecule has 0 aliphatic rings. The fourth-order valence-electron chi connectivity index (χ4n) is 3.71. The molecule has 2 heterocycles. The second-order valence-corrected chi connectivity index (χ2v) is 8.11. The highest BCUT2D eigenvalue weighted by atomic mass is 32.1. The largest absolute Gasteiger partial charge is 0.287 e. The van der Waals surface area contributed by atoms with E-state index in [1.54, 1.807) is 11.3 Å². The number of aryl methyl sites for hydroxylation is 2. The van der Waals surface area contributed by atoms with Crippen LogP contribution in [0.15, 0.2) is 48.1 Å². The third-order valence-electron chi connectivity index (χ3n) is 4.87. The Morgan fingerprint density at radius 2 is 1.88 bits per heavy atom. The second-order valence-electron chi connectivity index (χ2n) is 7.19. The van der Waals surface area contributed by atoms with E-state index in [1.165, 1.54) is 37.9 Å². The van der Waals surface area contributed by atoms with Crippen LogP contribution in [0.3, 0.4) is 0 Å². The van der Waals surface area contributed by atoms with Crippen LogP contribution in [0.5, 0.6) is 0 Å². The lowest BCUT2D eigenvalue weighted by Crippen LogP contribution is -2.31. The lowest BCUT2D eigenvalue weighted by Gasteiger charge is -2.16. The van der Waals surface area contributed by atoms with Gasteiger partial charge in [-0.15, -0.1) is 11.3 Å². The van der Waals surface area contributed by atoms with Crippen LogP contribution in [-0.2, 0) is 13.5 Å². The number of thiophene rings is 1. The molecule has 4 rings (SSSR count). The summed E-state index contributed by atoms with van der Waals surface area (Å²) in [6, 6.07) is 13.3. The molecule has 0 fully saturated rings. The number of aromatic nitrogens is 2. The molecule has 2 aromatic heterocycles. The van der Waals surface area contributed by atoms with E-state index in [1.807, 2.05) is 6.33 Å². The van der Waals surface area contributed by atoms with Crippen molar-refractivity contribution in [1.82, 2.24) is 4.98 Å². The predicted molar refractivity (Wildman–Crippen MR) is 107 cm³/mol. The number of rotatable bonds is 3. The first-order valence-corrected chi connectivity index (χ1v) is 9.67. The van der Waals surface area contributed by atoms with Gasteiger partial charge in [0.25, 0.3) is 6.33 Å². The van der Waals surface area contributed by atoms with Crippen molar-refractivity contribution in [2.75, 3.05) is 0 Å². The van der Waals surface area contributed by atoms with Crippen molar-refractivity contribution < 1.29 is 4.57 Å². The zero-order chi connectivity index (χ0) is 17.6. The summed E-state index contributed by atoms with van der Waals surface area (Å²) in [6.07, 6.45) is 3.03. The lowest BCUT2D eigenvalue weighted by atomic mass is 9.90. The molecule has 0 bridgehead atoms. The molecule has 0 aliphatic heterocycles. The highest BCUT2D eigenvalue weighted by Gasteiger charge is 2.20. The molecule has 0 saturated carbocycles. The quantitative estimate of drug-likeness (QED) is 0.450. The van der Waals surface area contributed by atoms with Crippen molar-refractivity contribution in [2.24, 2.45) is 13.0 Å². The van der Waals surface area contributed by atoms with Gasteiger partial charge >= 0.3 is 0 Å². The number of hydrogen-bond acceptors (Lipinski definition) is 2. The van der Waals surface area contributed by atoms with E-state index in [4.69, 9.17) is 0 Å². The Morgan fingerprint density at radius 1 is 1.12 bits per heavy atom. The summed E-state index contributed by atoms with van der Waals surface area (Å²) in [5, 5.41) is 4.88. The van der Waals surface area contributed by atoms with E-state index < -0.39 is 0 Å². The van der Waals surface area contributed by atoms with Crippen molar-refractivity contribution >= 4 is 32.3 Å². The maximum atomic E-state index is 4.56. The maximum Gasteiger partial charge on any atom is 0.287 e. The van der Waals surface area contributed by atoms with Gasteiger partial charge in [-0.05, 0) is 57.6 Å². The molecule has 0 aliphatic carbocycles. The molecule has 0 saturated heterocycles. The minimum absolute atomic E-state index is 0.631. The van der Waals surface area contributed by atoms with E-state index >= 15 is 0 Å². The highest BCUT2D eigenvalue weighted by Crippen LogP contribution is 2.36. The standard InChI is InChI=1S/C22H23N2S/c1-14(2)11-16-12-19(15(3)17-7-5-6-8-18(16)17)21-22-20(9-10-25-22)23-13-24(21)4/h5-10,12-14H,11H2,1-4H3/q+1. The summed E-state index contributed by atoms with van der Waals surface area (Å²) in [4.78, 5) is 4.56. The monoisotopic (exact) mass is 347 g/mol. The summed E-state index contributed by atoms with van der Waals surface area (Å²) in [5.41, 5.74) is 6.46. The van der Waals surface area contributed by atoms with Crippen molar-refractivity contribution in [2.45, 2.75) is 27.2 Å². The first kappa shape index (κ1) is 16.2. The Morgan fingerprint density at radius 3 is 2.64 bits per heavy atom. The molecule has 0 amide bonds. The third-order valence-corrected chi connectivity index (χ3v) is 5.78. The molecule has 2 aromatic carbocycles. The Bertz CT molecular complexity index is 1080. The van der Waals surface area contributed by atoms with Crippen molar-refractivity contribution in [3.05, 3.63) is 59.2 Å². The van der Waals surface area contributed by atoms with Crippen LogP contribution < -0.4 is 4.57 Å². The van der Waals surface area contributed by atoms with Crippen LogP contribution in [0, 0.1) is 12.8 Å². The molecule has 0 unspecified atom stereocenters. The predicted octanol–water partition coefficient (Wildman–Crippen LogP) is 5.45. The maximum absolute atomic E-state index is 4.56. The zero-order valence-electron chi connectivity index (χ0n) is 15.2. The molecule has 0 N–H and O–H groups in total. The molecular formula is C22H23N2S+. The van der Waals surface area contributed by atoms with Gasteiger partial charge in [0.2, 0.25) is 0 Å². The van der Waals surface area contributed by atoms with Crippen LogP contribution >= 0.6 is 11.3 Å². The number of hydrogen-bond donors (Lipinski definition) is 0. The first-order chi connectivity index (χ1) is 12.1. The van der Waals surface area contributed by atoms with Gasteiger partial charge in [0.1, 0.15) is 4.70 Å². The molecule has 25 heavy (non-hydrogen) atoms. The molecule has 0 atom stereocenters. The summed E-state index contributed by atoms with van der Waals surface area (Å²) < 4.78 is 3.42. The molecule has 2 nitrogen and oxygen atoms in total. The van der Waals surface area contributed by atoms with Gasteiger partial charge in [-0.1, -0.05) is 38.1 Å². The van der Waals surface area contributed by atoms with E-state index in [0.29, 0.717) is 5.92 Å².